The van der Waals surface area contributed by atoms with E-state index >= 15 is 0 Å². The minimum Gasteiger partial charge on any atom is -0.342 e. The van der Waals surface area contributed by atoms with Crippen molar-refractivity contribution in [2.75, 3.05) is 26.4 Å². The first-order valence-corrected chi connectivity index (χ1v) is 7.97. The number of alkyl halides is 1. The third-order valence-corrected chi connectivity index (χ3v) is 5.51. The van der Waals surface area contributed by atoms with E-state index in [9.17, 15) is 8.96 Å². The Hall–Kier alpha value is -0.0000000000000000486. The molecule has 110 valence electrons. The van der Waals surface area contributed by atoms with Gasteiger partial charge in [-0.25, -0.2) is 4.39 Å². The third-order valence-electron chi connectivity index (χ3n) is 2.49. The normalized spacial score (nSPS) is 17.4. The van der Waals surface area contributed by atoms with E-state index in [4.69, 9.17) is 19.7 Å². The molecule has 18 heavy (non-hydrogen) atoms. The molecule has 0 heterocycles. The maximum atomic E-state index is 14.2. The SMILES string of the molecule is CCOC(C)(OCC)P(=O)(OCC)C(F)CCN. The number of hydrogen-bond acceptors (Lipinski definition) is 5. The summed E-state index contributed by atoms with van der Waals surface area (Å²) in [4.78, 5) is 0. The summed E-state index contributed by atoms with van der Waals surface area (Å²) in [6.07, 6.45) is -0.0486. The van der Waals surface area contributed by atoms with Gasteiger partial charge in [-0.1, -0.05) is 0 Å². The molecular formula is C11H25FNO4P. The van der Waals surface area contributed by atoms with Gasteiger partial charge in [0.25, 0.3) is 7.37 Å². The van der Waals surface area contributed by atoms with Crippen molar-refractivity contribution in [1.82, 2.24) is 0 Å². The van der Waals surface area contributed by atoms with Crippen LogP contribution in [0.1, 0.15) is 34.1 Å². The maximum Gasteiger partial charge on any atom is 0.293 e. The number of halogens is 1. The van der Waals surface area contributed by atoms with E-state index in [1.807, 2.05) is 0 Å². The van der Waals surface area contributed by atoms with Crippen molar-refractivity contribution in [1.29, 1.82) is 0 Å². The lowest BCUT2D eigenvalue weighted by molar-refractivity contribution is -0.169. The van der Waals surface area contributed by atoms with Gasteiger partial charge >= 0.3 is 0 Å². The first-order chi connectivity index (χ1) is 8.41. The minimum absolute atomic E-state index is 0.0486. The predicted molar refractivity (Wildman–Crippen MR) is 69.5 cm³/mol. The molecule has 0 amide bonds. The topological polar surface area (TPSA) is 70.8 Å². The summed E-state index contributed by atoms with van der Waals surface area (Å²) in [5, 5.41) is 0. The Morgan fingerprint density at radius 2 is 1.72 bits per heavy atom. The summed E-state index contributed by atoms with van der Waals surface area (Å²) in [5.74, 6) is -1.69. The molecule has 0 saturated heterocycles. The van der Waals surface area contributed by atoms with Gasteiger partial charge in [0, 0.05) is 19.6 Å². The van der Waals surface area contributed by atoms with Gasteiger partial charge in [-0.2, -0.15) is 0 Å². The average molecular weight is 285 g/mol. The fraction of sp³-hybridized carbons (Fsp3) is 1.00. The summed E-state index contributed by atoms with van der Waals surface area (Å²) in [6.45, 7) is 7.28. The summed E-state index contributed by atoms with van der Waals surface area (Å²) >= 11 is 0. The highest BCUT2D eigenvalue weighted by Crippen LogP contribution is 2.64. The second-order valence-corrected chi connectivity index (χ2v) is 6.62. The van der Waals surface area contributed by atoms with Gasteiger partial charge in [0.05, 0.1) is 6.61 Å². The van der Waals surface area contributed by atoms with Crippen LogP contribution in [0.25, 0.3) is 0 Å². The van der Waals surface area contributed by atoms with Crippen LogP contribution in [0.4, 0.5) is 4.39 Å². The second-order valence-electron chi connectivity index (χ2n) is 3.79. The zero-order valence-corrected chi connectivity index (χ0v) is 12.5. The highest BCUT2D eigenvalue weighted by molar-refractivity contribution is 7.60. The first kappa shape index (κ1) is 18.0. The molecule has 7 heteroatoms. The van der Waals surface area contributed by atoms with Gasteiger partial charge in [0.15, 0.2) is 5.91 Å². The molecule has 0 aliphatic carbocycles. The standard InChI is InChI=1S/C11H25FNO4P/c1-5-15-11(4,16-6-2)18(14,17-7-3)10(12)8-9-13/h10H,5-9,13H2,1-4H3. The maximum absolute atomic E-state index is 14.2. The Morgan fingerprint density at radius 1 is 1.22 bits per heavy atom. The number of hydrogen-bond donors (Lipinski definition) is 1. The van der Waals surface area contributed by atoms with Crippen LogP contribution in [0, 0.1) is 0 Å². The molecule has 0 fully saturated rings. The fourth-order valence-electron chi connectivity index (χ4n) is 1.71. The zero-order valence-electron chi connectivity index (χ0n) is 11.6. The van der Waals surface area contributed by atoms with Crippen LogP contribution in [0.15, 0.2) is 0 Å². The molecule has 2 N–H and O–H groups in total. The van der Waals surface area contributed by atoms with Gasteiger partial charge < -0.3 is 19.7 Å². The van der Waals surface area contributed by atoms with Crippen LogP contribution < -0.4 is 5.73 Å². The Morgan fingerprint density at radius 3 is 2.06 bits per heavy atom. The molecule has 0 aromatic rings. The number of ether oxygens (including phenoxy) is 2. The molecule has 0 aromatic carbocycles. The molecule has 2 atom stereocenters. The van der Waals surface area contributed by atoms with E-state index < -0.39 is 18.8 Å². The quantitative estimate of drug-likeness (QED) is 0.493. The van der Waals surface area contributed by atoms with E-state index in [1.165, 1.54) is 6.92 Å². The Balaban J connectivity index is 5.29. The van der Waals surface area contributed by atoms with Crippen molar-refractivity contribution in [2.45, 2.75) is 45.6 Å². The van der Waals surface area contributed by atoms with Crippen molar-refractivity contribution in [3.05, 3.63) is 0 Å². The zero-order chi connectivity index (χ0) is 14.2. The summed E-state index contributed by atoms with van der Waals surface area (Å²) in [5.41, 5.74) is 3.75. The monoisotopic (exact) mass is 285 g/mol. The Kier molecular flexibility index (Phi) is 8.23. The highest BCUT2D eigenvalue weighted by Gasteiger charge is 2.53. The molecule has 0 rings (SSSR count). The molecule has 0 radical (unpaired) electrons. The average Bonchev–Trinajstić information content (AvgIpc) is 2.30. The van der Waals surface area contributed by atoms with Crippen LogP contribution in [0.2, 0.25) is 0 Å². The van der Waals surface area contributed by atoms with Crippen molar-refractivity contribution in [3.63, 3.8) is 0 Å². The Labute approximate surface area is 109 Å². The van der Waals surface area contributed by atoms with Crippen LogP contribution in [-0.4, -0.2) is 37.8 Å². The van der Waals surface area contributed by atoms with Gasteiger partial charge in [-0.05, 0) is 34.2 Å². The van der Waals surface area contributed by atoms with Gasteiger partial charge in [-0.15, -0.1) is 0 Å². The van der Waals surface area contributed by atoms with Gasteiger partial charge in [0.1, 0.15) is 0 Å². The second kappa shape index (κ2) is 8.23. The highest BCUT2D eigenvalue weighted by atomic mass is 31.2. The van der Waals surface area contributed by atoms with Crippen LogP contribution >= 0.6 is 7.37 Å². The molecular weight excluding hydrogens is 260 g/mol. The van der Waals surface area contributed by atoms with Crippen LogP contribution in [0.3, 0.4) is 0 Å². The smallest absolute Gasteiger partial charge is 0.293 e. The van der Waals surface area contributed by atoms with Gasteiger partial charge in [0.2, 0.25) is 5.53 Å². The number of nitrogens with two attached hydrogens (primary N) is 1. The molecule has 2 unspecified atom stereocenters. The summed E-state index contributed by atoms with van der Waals surface area (Å²) < 4.78 is 42.9. The van der Waals surface area contributed by atoms with Gasteiger partial charge in [-0.3, -0.25) is 4.57 Å². The number of rotatable bonds is 10. The van der Waals surface area contributed by atoms with Crippen molar-refractivity contribution in [2.24, 2.45) is 5.73 Å². The Bertz CT molecular complexity index is 272. The summed E-state index contributed by atoms with van der Waals surface area (Å²) in [6, 6.07) is 0. The van der Waals surface area contributed by atoms with Crippen molar-refractivity contribution in [3.8, 4) is 0 Å². The van der Waals surface area contributed by atoms with E-state index in [-0.39, 0.29) is 32.8 Å². The predicted octanol–water partition coefficient (Wildman–Crippen LogP) is 2.69. The van der Waals surface area contributed by atoms with E-state index in [1.54, 1.807) is 20.8 Å². The van der Waals surface area contributed by atoms with Crippen LogP contribution in [-0.2, 0) is 18.6 Å². The fourth-order valence-corrected chi connectivity index (χ4v) is 4.10. The molecule has 0 aliphatic rings. The largest absolute Gasteiger partial charge is 0.342 e. The van der Waals surface area contributed by atoms with E-state index in [0.29, 0.717) is 0 Å². The summed E-state index contributed by atoms with van der Waals surface area (Å²) in [7, 11) is -3.77. The lowest BCUT2D eigenvalue weighted by Crippen LogP contribution is -2.37. The molecule has 0 saturated carbocycles. The lowest BCUT2D eigenvalue weighted by Gasteiger charge is -2.37. The molecule has 0 aliphatic heterocycles. The molecule has 5 nitrogen and oxygen atoms in total. The molecule has 0 spiro atoms. The van der Waals surface area contributed by atoms with E-state index in [2.05, 4.69) is 0 Å². The van der Waals surface area contributed by atoms with Crippen molar-refractivity contribution >= 4 is 7.37 Å². The minimum atomic E-state index is -3.77. The molecule has 0 aromatic heterocycles. The lowest BCUT2D eigenvalue weighted by atomic mass is 10.5. The molecule has 0 bridgehead atoms. The van der Waals surface area contributed by atoms with Crippen LogP contribution in [0.5, 0.6) is 0 Å². The third kappa shape index (κ3) is 4.00. The van der Waals surface area contributed by atoms with Crippen molar-refractivity contribution < 1.29 is 23.0 Å². The first-order valence-electron chi connectivity index (χ1n) is 6.28. The van der Waals surface area contributed by atoms with E-state index in [0.717, 1.165) is 0 Å².